The molecule has 1 aromatic carbocycles. The molecular weight excluding hydrogens is 259 g/mol. The summed E-state index contributed by atoms with van der Waals surface area (Å²) >= 11 is 1.65. The van der Waals surface area contributed by atoms with Crippen molar-refractivity contribution in [3.05, 3.63) is 51.2 Å². The molecule has 102 valence electrons. The number of nitrogens with one attached hydrogen (secondary N) is 1. The number of aryl methyl sites for hydroxylation is 2. The van der Waals surface area contributed by atoms with Crippen molar-refractivity contribution in [3.63, 3.8) is 0 Å². The van der Waals surface area contributed by atoms with Gasteiger partial charge in [0.2, 0.25) is 0 Å². The van der Waals surface area contributed by atoms with E-state index in [-0.39, 0.29) is 11.9 Å². The number of aromatic nitrogens is 1. The van der Waals surface area contributed by atoms with Crippen LogP contribution in [0, 0.1) is 19.7 Å². The van der Waals surface area contributed by atoms with Gasteiger partial charge in [-0.1, -0.05) is 19.1 Å². The second kappa shape index (κ2) is 6.26. The second-order valence-corrected chi connectivity index (χ2v) is 5.58. The Morgan fingerprint density at radius 3 is 2.74 bits per heavy atom. The molecule has 2 aromatic rings. The van der Waals surface area contributed by atoms with E-state index in [1.165, 1.54) is 4.88 Å². The maximum absolute atomic E-state index is 13.4. The fourth-order valence-electron chi connectivity index (χ4n) is 2.09. The first kappa shape index (κ1) is 14.2. The fourth-order valence-corrected chi connectivity index (χ4v) is 2.99. The molecule has 1 atom stereocenters. The summed E-state index contributed by atoms with van der Waals surface area (Å²) in [5.41, 5.74) is 4.69. The van der Waals surface area contributed by atoms with Gasteiger partial charge >= 0.3 is 0 Å². The molecule has 0 aliphatic carbocycles. The first-order valence-corrected chi connectivity index (χ1v) is 7.40. The van der Waals surface area contributed by atoms with Gasteiger partial charge in [-0.3, -0.25) is 0 Å². The Balaban J connectivity index is 2.37. The van der Waals surface area contributed by atoms with Crippen molar-refractivity contribution in [1.82, 2.24) is 10.3 Å². The molecule has 0 saturated heterocycles. The van der Waals surface area contributed by atoms with Gasteiger partial charge < -0.3 is 5.32 Å². The molecule has 19 heavy (non-hydrogen) atoms. The number of thiazole rings is 1. The number of hydrogen-bond donors (Lipinski definition) is 1. The Labute approximate surface area is 117 Å². The smallest absolute Gasteiger partial charge is 0.126 e. The third-order valence-electron chi connectivity index (χ3n) is 3.16. The zero-order valence-electron chi connectivity index (χ0n) is 11.5. The Morgan fingerprint density at radius 2 is 2.16 bits per heavy atom. The largest absolute Gasteiger partial charge is 0.306 e. The van der Waals surface area contributed by atoms with E-state index in [0.29, 0.717) is 5.56 Å². The van der Waals surface area contributed by atoms with E-state index in [1.807, 2.05) is 24.6 Å². The highest BCUT2D eigenvalue weighted by Gasteiger charge is 2.18. The highest BCUT2D eigenvalue weighted by Crippen LogP contribution is 2.28. The summed E-state index contributed by atoms with van der Waals surface area (Å²) in [6.07, 6.45) is 1.06. The van der Waals surface area contributed by atoms with E-state index in [0.717, 1.165) is 24.2 Å². The molecule has 1 N–H and O–H groups in total. The minimum absolute atomic E-state index is 0.103. The topological polar surface area (TPSA) is 24.9 Å². The SMILES string of the molecule is CCCNC(c1ccc(F)c(C)c1)c1scnc1C. The molecular formula is C15H19FN2S. The quantitative estimate of drug-likeness (QED) is 0.894. The Bertz CT molecular complexity index is 551. The second-order valence-electron chi connectivity index (χ2n) is 4.70. The Kier molecular flexibility index (Phi) is 4.66. The van der Waals surface area contributed by atoms with Crippen LogP contribution in [0.3, 0.4) is 0 Å². The van der Waals surface area contributed by atoms with E-state index in [2.05, 4.69) is 17.2 Å². The van der Waals surface area contributed by atoms with Gasteiger partial charge in [0.05, 0.1) is 17.2 Å². The van der Waals surface area contributed by atoms with Gasteiger partial charge in [-0.25, -0.2) is 9.37 Å². The van der Waals surface area contributed by atoms with E-state index < -0.39 is 0 Å². The van der Waals surface area contributed by atoms with Crippen LogP contribution in [0.1, 0.15) is 41.1 Å². The summed E-state index contributed by atoms with van der Waals surface area (Å²) in [7, 11) is 0. The minimum atomic E-state index is -0.154. The normalized spacial score (nSPS) is 12.6. The van der Waals surface area contributed by atoms with Crippen LogP contribution in [0.5, 0.6) is 0 Å². The van der Waals surface area contributed by atoms with Crippen LogP contribution in [0.4, 0.5) is 4.39 Å². The van der Waals surface area contributed by atoms with Gasteiger partial charge in [-0.05, 0) is 44.0 Å². The van der Waals surface area contributed by atoms with Gasteiger partial charge in [-0.2, -0.15) is 0 Å². The van der Waals surface area contributed by atoms with Crippen LogP contribution in [0.25, 0.3) is 0 Å². The summed E-state index contributed by atoms with van der Waals surface area (Å²) in [6, 6.07) is 5.42. The average molecular weight is 278 g/mol. The molecule has 0 fully saturated rings. The van der Waals surface area contributed by atoms with Gasteiger partial charge in [0, 0.05) is 4.88 Å². The molecule has 2 rings (SSSR count). The molecule has 0 saturated carbocycles. The zero-order valence-corrected chi connectivity index (χ0v) is 12.4. The highest BCUT2D eigenvalue weighted by atomic mass is 32.1. The predicted octanol–water partition coefficient (Wildman–Crippen LogP) is 3.99. The monoisotopic (exact) mass is 278 g/mol. The number of halogens is 1. The standard InChI is InChI=1S/C15H19FN2S/c1-4-7-17-14(15-11(3)18-9-19-15)12-5-6-13(16)10(2)8-12/h5-6,8-9,14,17H,4,7H2,1-3H3. The number of hydrogen-bond acceptors (Lipinski definition) is 3. The van der Waals surface area contributed by atoms with Crippen LogP contribution in [0.15, 0.2) is 23.7 Å². The highest BCUT2D eigenvalue weighted by molar-refractivity contribution is 7.09. The van der Waals surface area contributed by atoms with Crippen molar-refractivity contribution in [2.75, 3.05) is 6.54 Å². The molecule has 0 radical (unpaired) electrons. The van der Waals surface area contributed by atoms with Crippen molar-refractivity contribution >= 4 is 11.3 Å². The summed E-state index contributed by atoms with van der Waals surface area (Å²) in [5.74, 6) is -0.154. The summed E-state index contributed by atoms with van der Waals surface area (Å²) in [6.45, 7) is 6.88. The molecule has 0 aliphatic heterocycles. The molecule has 0 spiro atoms. The van der Waals surface area contributed by atoms with E-state index >= 15 is 0 Å². The Hall–Kier alpha value is -1.26. The van der Waals surface area contributed by atoms with Crippen molar-refractivity contribution in [2.24, 2.45) is 0 Å². The van der Waals surface area contributed by atoms with Gasteiger partial charge in [0.15, 0.2) is 0 Å². The lowest BCUT2D eigenvalue weighted by Crippen LogP contribution is -2.23. The van der Waals surface area contributed by atoms with Crippen LogP contribution in [-0.4, -0.2) is 11.5 Å². The minimum Gasteiger partial charge on any atom is -0.306 e. The number of nitrogens with zero attached hydrogens (tertiary/aromatic N) is 1. The van der Waals surface area contributed by atoms with Crippen LogP contribution >= 0.6 is 11.3 Å². The van der Waals surface area contributed by atoms with Gasteiger partial charge in [0.25, 0.3) is 0 Å². The van der Waals surface area contributed by atoms with E-state index in [9.17, 15) is 4.39 Å². The molecule has 1 unspecified atom stereocenters. The van der Waals surface area contributed by atoms with Crippen molar-refractivity contribution in [3.8, 4) is 0 Å². The van der Waals surface area contributed by atoms with Crippen molar-refractivity contribution < 1.29 is 4.39 Å². The lowest BCUT2D eigenvalue weighted by atomic mass is 10.0. The lowest BCUT2D eigenvalue weighted by Gasteiger charge is -2.19. The first-order chi connectivity index (χ1) is 9.13. The fraction of sp³-hybridized carbons (Fsp3) is 0.400. The number of rotatable bonds is 5. The van der Waals surface area contributed by atoms with Gasteiger partial charge in [0.1, 0.15) is 5.82 Å². The predicted molar refractivity (Wildman–Crippen MR) is 78.1 cm³/mol. The van der Waals surface area contributed by atoms with Crippen LogP contribution in [0.2, 0.25) is 0 Å². The molecule has 0 aliphatic rings. The molecule has 0 amide bonds. The third-order valence-corrected chi connectivity index (χ3v) is 4.15. The summed E-state index contributed by atoms with van der Waals surface area (Å²) < 4.78 is 13.4. The zero-order chi connectivity index (χ0) is 13.8. The number of benzene rings is 1. The first-order valence-electron chi connectivity index (χ1n) is 6.53. The van der Waals surface area contributed by atoms with Crippen LogP contribution < -0.4 is 5.32 Å². The average Bonchev–Trinajstić information content (AvgIpc) is 2.80. The third kappa shape index (κ3) is 3.19. The lowest BCUT2D eigenvalue weighted by molar-refractivity contribution is 0.593. The van der Waals surface area contributed by atoms with E-state index in [1.54, 1.807) is 24.3 Å². The van der Waals surface area contributed by atoms with E-state index in [4.69, 9.17) is 0 Å². The maximum Gasteiger partial charge on any atom is 0.126 e. The van der Waals surface area contributed by atoms with Crippen molar-refractivity contribution in [2.45, 2.75) is 33.2 Å². The molecule has 4 heteroatoms. The van der Waals surface area contributed by atoms with Gasteiger partial charge in [-0.15, -0.1) is 11.3 Å². The molecule has 2 nitrogen and oxygen atoms in total. The van der Waals surface area contributed by atoms with Crippen LogP contribution in [-0.2, 0) is 0 Å². The molecule has 0 bridgehead atoms. The molecule has 1 heterocycles. The maximum atomic E-state index is 13.4. The Morgan fingerprint density at radius 1 is 1.37 bits per heavy atom. The summed E-state index contributed by atoms with van der Waals surface area (Å²) in [5, 5.41) is 3.52. The van der Waals surface area contributed by atoms with Crippen molar-refractivity contribution in [1.29, 1.82) is 0 Å². The summed E-state index contributed by atoms with van der Waals surface area (Å²) in [4.78, 5) is 5.52. The molecule has 1 aromatic heterocycles.